The average Bonchev–Trinajstić information content (AvgIpc) is 3.13. The van der Waals surface area contributed by atoms with Gasteiger partial charge in [0.05, 0.1) is 23.4 Å². The minimum Gasteiger partial charge on any atom is -0.489 e. The normalized spacial score (nSPS) is 18.4. The summed E-state index contributed by atoms with van der Waals surface area (Å²) in [6.07, 6.45) is 2.29. The molecule has 3 rings (SSSR count). The first kappa shape index (κ1) is 23.5. The van der Waals surface area contributed by atoms with Crippen LogP contribution in [0.1, 0.15) is 50.9 Å². The van der Waals surface area contributed by atoms with Crippen molar-refractivity contribution in [2.24, 2.45) is 13.0 Å². The van der Waals surface area contributed by atoms with E-state index in [0.29, 0.717) is 41.4 Å². The van der Waals surface area contributed by atoms with E-state index in [4.69, 9.17) is 9.47 Å². The smallest absolute Gasteiger partial charge is 0.410 e. The number of carboxylic acid groups (broad SMARTS) is 1. The highest BCUT2D eigenvalue weighted by Crippen LogP contribution is 2.30. The van der Waals surface area contributed by atoms with Crippen LogP contribution in [0.25, 0.3) is 11.4 Å². The van der Waals surface area contributed by atoms with E-state index in [1.165, 1.54) is 4.90 Å². The van der Waals surface area contributed by atoms with Gasteiger partial charge >= 0.3 is 12.1 Å². The van der Waals surface area contributed by atoms with Gasteiger partial charge in [0.2, 0.25) is 0 Å². The molecule has 1 saturated carbocycles. The minimum atomic E-state index is -0.765. The number of nitrogens with zero attached hydrogens (tertiary/aromatic N) is 5. The lowest BCUT2D eigenvalue weighted by Crippen LogP contribution is -2.33. The highest BCUT2D eigenvalue weighted by molar-refractivity contribution is 5.70. The maximum atomic E-state index is 12.2. The Balaban J connectivity index is 1.72. The van der Waals surface area contributed by atoms with Gasteiger partial charge in [-0.1, -0.05) is 5.21 Å². The van der Waals surface area contributed by atoms with Crippen LogP contribution in [0, 0.1) is 12.8 Å². The van der Waals surface area contributed by atoms with Crippen LogP contribution < -0.4 is 4.74 Å². The van der Waals surface area contributed by atoms with Gasteiger partial charge in [0, 0.05) is 20.1 Å². The Kier molecular flexibility index (Phi) is 7.32. The molecule has 1 amide bonds. The number of hydrogen-bond acceptors (Lipinski definition) is 7. The third kappa shape index (κ3) is 5.35. The molecule has 10 nitrogen and oxygen atoms in total. The monoisotopic (exact) mass is 445 g/mol. The molecule has 2 aromatic rings. The lowest BCUT2D eigenvalue weighted by molar-refractivity contribution is -0.143. The number of aryl methyl sites for hydroxylation is 2. The molecule has 0 unspecified atom stereocenters. The third-order valence-electron chi connectivity index (χ3n) is 5.89. The molecule has 1 N–H and O–H groups in total. The van der Waals surface area contributed by atoms with Crippen molar-refractivity contribution in [3.63, 3.8) is 0 Å². The number of hydrogen-bond donors (Lipinski definition) is 1. The molecule has 1 aliphatic rings. The van der Waals surface area contributed by atoms with Crippen molar-refractivity contribution in [3.8, 4) is 17.1 Å². The van der Waals surface area contributed by atoms with Crippen molar-refractivity contribution in [1.82, 2.24) is 24.9 Å². The van der Waals surface area contributed by atoms with Gasteiger partial charge in [-0.3, -0.25) is 4.79 Å². The number of ether oxygens (including phenoxy) is 2. The summed E-state index contributed by atoms with van der Waals surface area (Å²) in [4.78, 5) is 29.6. The fraction of sp³-hybridized carbons (Fsp3) is 0.591. The van der Waals surface area contributed by atoms with Gasteiger partial charge in [-0.25, -0.2) is 14.5 Å². The summed E-state index contributed by atoms with van der Waals surface area (Å²) in [5.41, 5.74) is 2.43. The second kappa shape index (κ2) is 9.97. The Bertz CT molecular complexity index is 974. The van der Waals surface area contributed by atoms with Crippen LogP contribution in [0.5, 0.6) is 5.75 Å². The number of amides is 1. The molecular weight excluding hydrogens is 414 g/mol. The summed E-state index contributed by atoms with van der Waals surface area (Å²) in [6.45, 7) is 5.67. The Labute approximate surface area is 187 Å². The summed E-state index contributed by atoms with van der Waals surface area (Å²) in [5.74, 6) is -0.500. The Hall–Kier alpha value is -3.17. The molecule has 0 aromatic carbocycles. The number of rotatable bonds is 7. The SMILES string of the molecule is Cc1nc(-c2nnn(C)c2COC(=O)N(C)C(C)C)ccc1O[C@H]1CCC[C@H](C(=O)O)C1. The minimum absolute atomic E-state index is 0.0202. The molecule has 1 aliphatic carbocycles. The van der Waals surface area contributed by atoms with Crippen molar-refractivity contribution in [2.45, 2.75) is 65.2 Å². The molecule has 1 fully saturated rings. The molecule has 2 aromatic heterocycles. The predicted octanol–water partition coefficient (Wildman–Crippen LogP) is 3.18. The summed E-state index contributed by atoms with van der Waals surface area (Å²) < 4.78 is 13.1. The fourth-order valence-electron chi connectivity index (χ4n) is 3.64. The molecule has 2 atom stereocenters. The molecule has 0 bridgehead atoms. The number of carboxylic acids is 1. The van der Waals surface area contributed by atoms with Crippen molar-refractivity contribution in [2.75, 3.05) is 7.05 Å². The molecular formula is C22H31N5O5. The average molecular weight is 446 g/mol. The van der Waals surface area contributed by atoms with E-state index in [1.54, 1.807) is 24.8 Å². The molecule has 174 valence electrons. The number of aliphatic carboxylic acids is 1. The van der Waals surface area contributed by atoms with E-state index < -0.39 is 12.1 Å². The highest BCUT2D eigenvalue weighted by atomic mass is 16.6. The number of aromatic nitrogens is 4. The first-order valence-corrected chi connectivity index (χ1v) is 10.8. The summed E-state index contributed by atoms with van der Waals surface area (Å²) in [6, 6.07) is 3.63. The second-order valence-corrected chi connectivity index (χ2v) is 8.49. The van der Waals surface area contributed by atoms with E-state index in [0.717, 1.165) is 12.8 Å². The summed E-state index contributed by atoms with van der Waals surface area (Å²) >= 11 is 0. The first-order chi connectivity index (χ1) is 15.2. The maximum absolute atomic E-state index is 12.2. The third-order valence-corrected chi connectivity index (χ3v) is 5.89. The van der Waals surface area contributed by atoms with Gasteiger partial charge in [-0.05, 0) is 58.6 Å². The van der Waals surface area contributed by atoms with Crippen LogP contribution in [0.15, 0.2) is 12.1 Å². The van der Waals surface area contributed by atoms with Gasteiger partial charge < -0.3 is 19.5 Å². The summed E-state index contributed by atoms with van der Waals surface area (Å²) in [5, 5.41) is 17.5. The number of carbonyl (C=O) groups excluding carboxylic acids is 1. The van der Waals surface area contributed by atoms with E-state index in [9.17, 15) is 14.7 Å². The van der Waals surface area contributed by atoms with Gasteiger partial charge in [-0.15, -0.1) is 5.10 Å². The number of carbonyl (C=O) groups is 2. The highest BCUT2D eigenvalue weighted by Gasteiger charge is 2.28. The molecule has 0 saturated heterocycles. The van der Waals surface area contributed by atoms with Gasteiger partial charge in [0.1, 0.15) is 23.7 Å². The summed E-state index contributed by atoms with van der Waals surface area (Å²) in [7, 11) is 3.42. The second-order valence-electron chi connectivity index (χ2n) is 8.49. The molecule has 2 heterocycles. The fourth-order valence-corrected chi connectivity index (χ4v) is 3.64. The van der Waals surface area contributed by atoms with Crippen LogP contribution in [0.2, 0.25) is 0 Å². The van der Waals surface area contributed by atoms with Crippen molar-refractivity contribution >= 4 is 12.1 Å². The molecule has 10 heteroatoms. The van der Waals surface area contributed by atoms with Crippen LogP contribution in [0.3, 0.4) is 0 Å². The molecule has 0 spiro atoms. The lowest BCUT2D eigenvalue weighted by atomic mass is 9.87. The molecule has 32 heavy (non-hydrogen) atoms. The Morgan fingerprint density at radius 3 is 2.72 bits per heavy atom. The number of pyridine rings is 1. The van der Waals surface area contributed by atoms with Crippen LogP contribution in [0.4, 0.5) is 4.79 Å². The Morgan fingerprint density at radius 2 is 2.06 bits per heavy atom. The van der Waals surface area contributed by atoms with Crippen molar-refractivity contribution < 1.29 is 24.2 Å². The van der Waals surface area contributed by atoms with Crippen LogP contribution in [-0.4, -0.2) is 61.2 Å². The first-order valence-electron chi connectivity index (χ1n) is 10.8. The van der Waals surface area contributed by atoms with Crippen LogP contribution >= 0.6 is 0 Å². The van der Waals surface area contributed by atoms with Gasteiger partial charge in [-0.2, -0.15) is 0 Å². The quantitative estimate of drug-likeness (QED) is 0.690. The zero-order valence-electron chi connectivity index (χ0n) is 19.2. The van der Waals surface area contributed by atoms with Gasteiger partial charge in [0.15, 0.2) is 0 Å². The topological polar surface area (TPSA) is 120 Å². The molecule has 0 aliphatic heterocycles. The van der Waals surface area contributed by atoms with Gasteiger partial charge in [0.25, 0.3) is 0 Å². The van der Waals surface area contributed by atoms with Crippen molar-refractivity contribution in [1.29, 1.82) is 0 Å². The lowest BCUT2D eigenvalue weighted by Gasteiger charge is -2.27. The molecule has 0 radical (unpaired) electrons. The van der Waals surface area contributed by atoms with E-state index in [-0.39, 0.29) is 24.7 Å². The Morgan fingerprint density at radius 1 is 1.31 bits per heavy atom. The maximum Gasteiger partial charge on any atom is 0.410 e. The standard InChI is InChI=1S/C22H31N5O5/c1-13(2)26(4)22(30)31-12-18-20(24-25-27(18)5)17-9-10-19(14(3)23-17)32-16-8-6-7-15(11-16)21(28)29/h9-10,13,15-16H,6-8,11-12H2,1-5H3,(H,28,29)/t15-,16-/m0/s1. The van der Waals surface area contributed by atoms with Crippen LogP contribution in [-0.2, 0) is 23.2 Å². The van der Waals surface area contributed by atoms with E-state index in [1.807, 2.05) is 26.8 Å². The van der Waals surface area contributed by atoms with E-state index in [2.05, 4.69) is 15.3 Å². The largest absolute Gasteiger partial charge is 0.489 e. The predicted molar refractivity (Wildman–Crippen MR) is 116 cm³/mol. The van der Waals surface area contributed by atoms with Crippen molar-refractivity contribution in [3.05, 3.63) is 23.5 Å². The van der Waals surface area contributed by atoms with E-state index >= 15 is 0 Å². The zero-order valence-corrected chi connectivity index (χ0v) is 19.2. The zero-order chi connectivity index (χ0) is 23.4.